The van der Waals surface area contributed by atoms with E-state index in [1.165, 1.54) is 18.2 Å². The molecule has 18 heavy (non-hydrogen) atoms. The molecule has 0 N–H and O–H groups in total. The highest BCUT2D eigenvalue weighted by molar-refractivity contribution is 6.21. The number of carbonyl (C=O) groups excluding carboxylic acids is 2. The zero-order valence-electron chi connectivity index (χ0n) is 9.80. The van der Waals surface area contributed by atoms with Crippen molar-refractivity contribution in [1.82, 2.24) is 4.90 Å². The Kier molecular flexibility index (Phi) is 2.54. The molecule has 0 spiro atoms. The second-order valence-corrected chi connectivity index (χ2v) is 4.61. The standard InChI is InChI=1S/C13H13FN2O2/c14-9-5-1-2-6-10(9)16-12(17)11-7-3-4-8-15(11)13(16)18/h1-2,5-6,11H,3-4,7-8H2. The minimum Gasteiger partial charge on any atom is -0.312 e. The molecule has 1 aromatic carbocycles. The lowest BCUT2D eigenvalue weighted by Gasteiger charge is -2.25. The quantitative estimate of drug-likeness (QED) is 0.714. The van der Waals surface area contributed by atoms with Gasteiger partial charge >= 0.3 is 6.03 Å². The summed E-state index contributed by atoms with van der Waals surface area (Å²) in [6, 6.07) is 5.09. The van der Waals surface area contributed by atoms with Gasteiger partial charge < -0.3 is 4.90 Å². The number of fused-ring (bicyclic) bond motifs is 1. The molecule has 3 amide bonds. The largest absolute Gasteiger partial charge is 0.332 e. The van der Waals surface area contributed by atoms with Crippen molar-refractivity contribution in [3.8, 4) is 0 Å². The Morgan fingerprint density at radius 2 is 1.94 bits per heavy atom. The molecule has 0 saturated carbocycles. The molecule has 2 saturated heterocycles. The number of amides is 3. The number of hydrogen-bond donors (Lipinski definition) is 0. The van der Waals surface area contributed by atoms with Crippen molar-refractivity contribution in [2.75, 3.05) is 11.4 Å². The Balaban J connectivity index is 2.00. The third-order valence-corrected chi connectivity index (χ3v) is 3.54. The highest BCUT2D eigenvalue weighted by Gasteiger charge is 2.47. The molecule has 1 atom stereocenters. The average molecular weight is 248 g/mol. The summed E-state index contributed by atoms with van der Waals surface area (Å²) in [7, 11) is 0. The number of anilines is 1. The molecular formula is C13H13FN2O2. The van der Waals surface area contributed by atoms with Crippen LogP contribution in [0.3, 0.4) is 0 Å². The van der Waals surface area contributed by atoms with Crippen LogP contribution in [0.4, 0.5) is 14.9 Å². The third-order valence-electron chi connectivity index (χ3n) is 3.54. The van der Waals surface area contributed by atoms with Crippen molar-refractivity contribution in [3.63, 3.8) is 0 Å². The van der Waals surface area contributed by atoms with E-state index in [1.54, 1.807) is 11.0 Å². The normalized spacial score (nSPS) is 23.5. The first-order chi connectivity index (χ1) is 8.70. The van der Waals surface area contributed by atoms with Gasteiger partial charge in [0.2, 0.25) is 0 Å². The first-order valence-corrected chi connectivity index (χ1v) is 6.09. The fourth-order valence-corrected chi connectivity index (χ4v) is 2.64. The van der Waals surface area contributed by atoms with Crippen LogP contribution in [0.25, 0.3) is 0 Å². The van der Waals surface area contributed by atoms with Gasteiger partial charge in [-0.2, -0.15) is 0 Å². The van der Waals surface area contributed by atoms with Crippen molar-refractivity contribution in [2.45, 2.75) is 25.3 Å². The van der Waals surface area contributed by atoms with Gasteiger partial charge in [-0.05, 0) is 31.4 Å². The van der Waals surface area contributed by atoms with Crippen LogP contribution in [0, 0.1) is 5.82 Å². The minimum absolute atomic E-state index is 0.0573. The number of halogens is 1. The lowest BCUT2D eigenvalue weighted by atomic mass is 10.0. The van der Waals surface area contributed by atoms with Crippen molar-refractivity contribution < 1.29 is 14.0 Å². The average Bonchev–Trinajstić information content (AvgIpc) is 2.64. The van der Waals surface area contributed by atoms with Crippen molar-refractivity contribution in [2.24, 2.45) is 0 Å². The number of imide groups is 1. The Labute approximate surface area is 104 Å². The summed E-state index contributed by atoms with van der Waals surface area (Å²) in [6.07, 6.45) is 2.52. The molecule has 0 bridgehead atoms. The molecule has 1 unspecified atom stereocenters. The second-order valence-electron chi connectivity index (χ2n) is 4.61. The maximum Gasteiger partial charge on any atom is 0.332 e. The summed E-state index contributed by atoms with van der Waals surface area (Å²) >= 11 is 0. The fourth-order valence-electron chi connectivity index (χ4n) is 2.64. The van der Waals surface area contributed by atoms with Gasteiger partial charge in [0, 0.05) is 6.54 Å². The number of rotatable bonds is 1. The molecule has 1 aromatic rings. The summed E-state index contributed by atoms with van der Waals surface area (Å²) < 4.78 is 13.7. The zero-order valence-corrected chi connectivity index (χ0v) is 9.80. The topological polar surface area (TPSA) is 40.6 Å². The van der Waals surface area contributed by atoms with E-state index < -0.39 is 17.9 Å². The van der Waals surface area contributed by atoms with Crippen molar-refractivity contribution in [3.05, 3.63) is 30.1 Å². The monoisotopic (exact) mass is 248 g/mol. The Hall–Kier alpha value is -1.91. The number of para-hydroxylation sites is 1. The number of carbonyl (C=O) groups is 2. The predicted octanol–water partition coefficient (Wildman–Crippen LogP) is 2.15. The molecule has 0 aromatic heterocycles. The summed E-state index contributed by atoms with van der Waals surface area (Å²) in [5.41, 5.74) is 0.0573. The number of urea groups is 1. The first-order valence-electron chi connectivity index (χ1n) is 6.09. The van der Waals surface area contributed by atoms with Gasteiger partial charge in [0.1, 0.15) is 11.9 Å². The van der Waals surface area contributed by atoms with Crippen LogP contribution in [0.2, 0.25) is 0 Å². The fraction of sp³-hybridized carbons (Fsp3) is 0.385. The maximum absolute atomic E-state index is 13.7. The number of nitrogens with zero attached hydrogens (tertiary/aromatic N) is 2. The van der Waals surface area contributed by atoms with E-state index in [9.17, 15) is 14.0 Å². The number of piperidine rings is 1. The van der Waals surface area contributed by atoms with E-state index in [-0.39, 0.29) is 11.6 Å². The van der Waals surface area contributed by atoms with Crippen molar-refractivity contribution in [1.29, 1.82) is 0 Å². The van der Waals surface area contributed by atoms with Gasteiger partial charge in [0.15, 0.2) is 0 Å². The van der Waals surface area contributed by atoms with Crippen LogP contribution in [0.5, 0.6) is 0 Å². The lowest BCUT2D eigenvalue weighted by Crippen LogP contribution is -2.39. The molecule has 0 aliphatic carbocycles. The van der Waals surface area contributed by atoms with Crippen LogP contribution in [0.15, 0.2) is 24.3 Å². The van der Waals surface area contributed by atoms with Gasteiger partial charge in [0.05, 0.1) is 5.69 Å². The summed E-state index contributed by atoms with van der Waals surface area (Å²) in [5, 5.41) is 0. The van der Waals surface area contributed by atoms with E-state index >= 15 is 0 Å². The Morgan fingerprint density at radius 1 is 1.17 bits per heavy atom. The molecule has 2 fully saturated rings. The lowest BCUT2D eigenvalue weighted by molar-refractivity contribution is -0.120. The van der Waals surface area contributed by atoms with Crippen LogP contribution in [-0.4, -0.2) is 29.4 Å². The van der Waals surface area contributed by atoms with Crippen molar-refractivity contribution >= 4 is 17.6 Å². The molecule has 4 nitrogen and oxygen atoms in total. The highest BCUT2D eigenvalue weighted by Crippen LogP contribution is 2.31. The minimum atomic E-state index is -0.543. The van der Waals surface area contributed by atoms with Gasteiger partial charge in [-0.3, -0.25) is 4.79 Å². The van der Waals surface area contributed by atoms with Crippen LogP contribution >= 0.6 is 0 Å². The summed E-state index contributed by atoms with van der Waals surface area (Å²) in [6.45, 7) is 0.584. The molecule has 0 radical (unpaired) electrons. The highest BCUT2D eigenvalue weighted by atomic mass is 19.1. The SMILES string of the molecule is O=C1C2CCCCN2C(=O)N1c1ccccc1F. The molecule has 2 aliphatic heterocycles. The number of hydrogen-bond acceptors (Lipinski definition) is 2. The summed E-state index contributed by atoms with van der Waals surface area (Å²) in [5.74, 6) is -0.844. The van der Waals surface area contributed by atoms with Gasteiger partial charge in [0.25, 0.3) is 5.91 Å². The Bertz CT molecular complexity index is 493. The predicted molar refractivity (Wildman–Crippen MR) is 63.6 cm³/mol. The van der Waals surface area contributed by atoms with E-state index in [0.29, 0.717) is 13.0 Å². The van der Waals surface area contributed by atoms with E-state index in [1.807, 2.05) is 0 Å². The smallest absolute Gasteiger partial charge is 0.312 e. The molecular weight excluding hydrogens is 235 g/mol. The van der Waals surface area contributed by atoms with E-state index in [4.69, 9.17) is 0 Å². The molecule has 5 heteroatoms. The first kappa shape index (κ1) is 11.2. The van der Waals surface area contributed by atoms with E-state index in [0.717, 1.165) is 17.7 Å². The van der Waals surface area contributed by atoms with Gasteiger partial charge in [-0.25, -0.2) is 14.1 Å². The molecule has 3 rings (SSSR count). The third kappa shape index (κ3) is 1.50. The maximum atomic E-state index is 13.7. The number of benzene rings is 1. The summed E-state index contributed by atoms with van der Waals surface area (Å²) in [4.78, 5) is 26.9. The molecule has 2 heterocycles. The van der Waals surface area contributed by atoms with Gasteiger partial charge in [-0.1, -0.05) is 12.1 Å². The van der Waals surface area contributed by atoms with Gasteiger partial charge in [-0.15, -0.1) is 0 Å². The zero-order chi connectivity index (χ0) is 12.7. The Morgan fingerprint density at radius 3 is 2.67 bits per heavy atom. The molecule has 94 valence electrons. The second kappa shape index (κ2) is 4.08. The molecule has 2 aliphatic rings. The van der Waals surface area contributed by atoms with Crippen LogP contribution in [-0.2, 0) is 4.79 Å². The van der Waals surface area contributed by atoms with Crippen LogP contribution < -0.4 is 4.90 Å². The van der Waals surface area contributed by atoms with E-state index in [2.05, 4.69) is 0 Å². The van der Waals surface area contributed by atoms with Crippen LogP contribution in [0.1, 0.15) is 19.3 Å².